The summed E-state index contributed by atoms with van der Waals surface area (Å²) in [5, 5.41) is 1.08. The van der Waals surface area contributed by atoms with Gasteiger partial charge in [0.2, 0.25) is 0 Å². The van der Waals surface area contributed by atoms with Gasteiger partial charge in [-0.05, 0) is 107 Å². The Labute approximate surface area is 282 Å². The molecule has 1 heterocycles. The minimum absolute atomic E-state index is 0.632. The molecule has 3 aromatic rings. The van der Waals surface area contributed by atoms with Gasteiger partial charge in [0.05, 0.1) is 31.9 Å². The van der Waals surface area contributed by atoms with Crippen molar-refractivity contribution in [3.8, 4) is 11.8 Å². The zero-order valence-electron chi connectivity index (χ0n) is 28.8. The number of nitrogens with two attached hydrogens (primary N) is 1. The standard InChI is InChI=1S/C25H39NO3.C15H15N3/c1-22-19-24-11-10-23(21-25(24)20-22)9-5-2-3-7-13-27-15-17-29-18-16-28-14-8-4-6-12-26;1-4-7-12(10-16-3)15-17-11(2)13-8-5-6-9-14(13)18-15/h10-11,21-22H,2-4,6-8,12-20,26H2,1H3;4-10H,3H2,1-2H3/b;7-4-,12-10+. The highest BCUT2D eigenvalue weighted by molar-refractivity contribution is 5.83. The van der Waals surface area contributed by atoms with Gasteiger partial charge < -0.3 is 19.9 Å². The molecular weight excluding hydrogens is 584 g/mol. The summed E-state index contributed by atoms with van der Waals surface area (Å²) in [6.45, 7) is 14.7. The molecule has 4 rings (SSSR count). The molecule has 0 aliphatic heterocycles. The predicted octanol–water partition coefficient (Wildman–Crippen LogP) is 7.68. The largest absolute Gasteiger partial charge is 0.379 e. The summed E-state index contributed by atoms with van der Waals surface area (Å²) in [6.07, 6.45) is 14.3. The quantitative estimate of drug-likeness (QED) is 0.0665. The average Bonchev–Trinajstić information content (AvgIpc) is 3.45. The van der Waals surface area contributed by atoms with Crippen LogP contribution in [-0.4, -0.2) is 62.9 Å². The van der Waals surface area contributed by atoms with Crippen molar-refractivity contribution < 1.29 is 14.2 Å². The number of aliphatic imine (C=N–C) groups is 1. The van der Waals surface area contributed by atoms with Crippen LogP contribution in [0.4, 0.5) is 0 Å². The van der Waals surface area contributed by atoms with Crippen molar-refractivity contribution in [3.05, 3.63) is 89.0 Å². The number of benzene rings is 2. The number of nitrogens with zero attached hydrogens (tertiary/aromatic N) is 3. The van der Waals surface area contributed by atoms with Gasteiger partial charge in [0, 0.05) is 48.1 Å². The van der Waals surface area contributed by atoms with E-state index in [0.29, 0.717) is 32.3 Å². The van der Waals surface area contributed by atoms with E-state index in [2.05, 4.69) is 58.6 Å². The fourth-order valence-corrected chi connectivity index (χ4v) is 5.38. The molecule has 252 valence electrons. The molecule has 0 saturated heterocycles. The Hall–Kier alpha value is -3.67. The third kappa shape index (κ3) is 14.3. The molecule has 0 radical (unpaired) electrons. The van der Waals surface area contributed by atoms with Crippen molar-refractivity contribution in [1.29, 1.82) is 0 Å². The Morgan fingerprint density at radius 1 is 0.915 bits per heavy atom. The lowest BCUT2D eigenvalue weighted by Gasteiger charge is -2.06. The highest BCUT2D eigenvalue weighted by Crippen LogP contribution is 2.27. The van der Waals surface area contributed by atoms with Gasteiger partial charge in [0.25, 0.3) is 0 Å². The zero-order valence-corrected chi connectivity index (χ0v) is 28.8. The topological polar surface area (TPSA) is 91.9 Å². The highest BCUT2D eigenvalue weighted by atomic mass is 16.5. The van der Waals surface area contributed by atoms with Crippen LogP contribution in [0.25, 0.3) is 16.5 Å². The number of rotatable bonds is 18. The van der Waals surface area contributed by atoms with E-state index in [1.54, 1.807) is 6.20 Å². The zero-order chi connectivity index (χ0) is 33.5. The van der Waals surface area contributed by atoms with Crippen LogP contribution in [0, 0.1) is 24.7 Å². The third-order valence-corrected chi connectivity index (χ3v) is 7.78. The van der Waals surface area contributed by atoms with E-state index < -0.39 is 0 Å². The SMILES string of the molecule is C=N/C=C(\C=C/C)c1nc(C)c2ccccc2n1.CC1Cc2ccc(C#CCCCCOCCOCCOCCCCCN)cc2C1. The van der Waals surface area contributed by atoms with Gasteiger partial charge in [-0.25, -0.2) is 9.97 Å². The first-order valence-corrected chi connectivity index (χ1v) is 17.1. The lowest BCUT2D eigenvalue weighted by molar-refractivity contribution is 0.0133. The van der Waals surface area contributed by atoms with E-state index in [0.717, 1.165) is 91.9 Å². The Morgan fingerprint density at radius 2 is 1.62 bits per heavy atom. The van der Waals surface area contributed by atoms with Crippen LogP contribution in [0.1, 0.15) is 80.6 Å². The number of aryl methyl sites for hydroxylation is 1. The Kier molecular flexibility index (Phi) is 18.3. The average molecular weight is 639 g/mol. The molecular formula is C40H54N4O3. The van der Waals surface area contributed by atoms with Crippen LogP contribution in [-0.2, 0) is 27.1 Å². The minimum Gasteiger partial charge on any atom is -0.379 e. The number of hydrogen-bond donors (Lipinski definition) is 1. The third-order valence-electron chi connectivity index (χ3n) is 7.78. The maximum absolute atomic E-state index is 5.61. The molecule has 2 N–H and O–H groups in total. The van der Waals surface area contributed by atoms with Gasteiger partial charge in [0.1, 0.15) is 0 Å². The number of unbranched alkanes of at least 4 members (excludes halogenated alkanes) is 4. The molecule has 0 amide bonds. The summed E-state index contributed by atoms with van der Waals surface area (Å²) in [5.41, 5.74) is 12.4. The highest BCUT2D eigenvalue weighted by Gasteiger charge is 2.17. The molecule has 0 bridgehead atoms. The molecule has 7 heteroatoms. The molecule has 1 aromatic heterocycles. The maximum atomic E-state index is 5.61. The smallest absolute Gasteiger partial charge is 0.161 e. The van der Waals surface area contributed by atoms with E-state index in [1.165, 1.54) is 24.0 Å². The van der Waals surface area contributed by atoms with Gasteiger partial charge >= 0.3 is 0 Å². The van der Waals surface area contributed by atoms with Gasteiger partial charge in [-0.2, -0.15) is 0 Å². The fraction of sp³-hybridized carbons (Fsp3) is 0.475. The normalized spacial score (nSPS) is 14.0. The monoisotopic (exact) mass is 638 g/mol. The van der Waals surface area contributed by atoms with Crippen molar-refractivity contribution in [2.75, 3.05) is 46.2 Å². The lowest BCUT2D eigenvalue weighted by Crippen LogP contribution is -2.10. The number of aromatic nitrogens is 2. The van der Waals surface area contributed by atoms with Crippen molar-refractivity contribution >= 4 is 23.2 Å². The Morgan fingerprint density at radius 3 is 2.34 bits per heavy atom. The van der Waals surface area contributed by atoms with E-state index >= 15 is 0 Å². The number of fused-ring (bicyclic) bond motifs is 2. The second kappa shape index (κ2) is 22.8. The van der Waals surface area contributed by atoms with Crippen molar-refractivity contribution in [1.82, 2.24) is 9.97 Å². The first kappa shape index (κ1) is 37.8. The summed E-state index contributed by atoms with van der Waals surface area (Å²) >= 11 is 0. The first-order chi connectivity index (χ1) is 23.0. The molecule has 2 aromatic carbocycles. The summed E-state index contributed by atoms with van der Waals surface area (Å²) < 4.78 is 16.6. The Bertz CT molecular complexity index is 1490. The van der Waals surface area contributed by atoms with E-state index in [1.807, 2.05) is 50.3 Å². The lowest BCUT2D eigenvalue weighted by atomic mass is 10.1. The fourth-order valence-electron chi connectivity index (χ4n) is 5.38. The predicted molar refractivity (Wildman–Crippen MR) is 196 cm³/mol. The van der Waals surface area contributed by atoms with E-state index in [-0.39, 0.29) is 0 Å². The van der Waals surface area contributed by atoms with Crippen LogP contribution in [0.15, 0.2) is 65.8 Å². The van der Waals surface area contributed by atoms with Crippen molar-refractivity contribution in [3.63, 3.8) is 0 Å². The van der Waals surface area contributed by atoms with Crippen LogP contribution >= 0.6 is 0 Å². The number of hydrogen-bond acceptors (Lipinski definition) is 7. The van der Waals surface area contributed by atoms with E-state index in [4.69, 9.17) is 19.9 Å². The summed E-state index contributed by atoms with van der Waals surface area (Å²) in [6, 6.07) is 14.7. The van der Waals surface area contributed by atoms with Gasteiger partial charge in [-0.1, -0.05) is 55.2 Å². The van der Waals surface area contributed by atoms with Crippen molar-refractivity contribution in [2.45, 2.75) is 72.1 Å². The van der Waals surface area contributed by atoms with Crippen LogP contribution in [0.2, 0.25) is 0 Å². The number of allylic oxidation sites excluding steroid dienone is 3. The van der Waals surface area contributed by atoms with Crippen molar-refractivity contribution in [2.24, 2.45) is 16.6 Å². The summed E-state index contributed by atoms with van der Waals surface area (Å²) in [5.74, 6) is 8.07. The maximum Gasteiger partial charge on any atom is 0.161 e. The van der Waals surface area contributed by atoms with Gasteiger partial charge in [0.15, 0.2) is 5.82 Å². The number of ether oxygens (including phenoxy) is 3. The van der Waals surface area contributed by atoms with Crippen LogP contribution in [0.5, 0.6) is 0 Å². The number of para-hydroxylation sites is 1. The first-order valence-electron chi connectivity index (χ1n) is 17.1. The molecule has 1 aliphatic rings. The Balaban J connectivity index is 0.000000284. The second-order valence-electron chi connectivity index (χ2n) is 11.9. The molecule has 1 aliphatic carbocycles. The van der Waals surface area contributed by atoms with Gasteiger partial charge in [-0.3, -0.25) is 4.99 Å². The molecule has 0 saturated carbocycles. The minimum atomic E-state index is 0.632. The molecule has 7 nitrogen and oxygen atoms in total. The van der Waals surface area contributed by atoms with Gasteiger partial charge in [-0.15, -0.1) is 0 Å². The molecule has 0 spiro atoms. The molecule has 0 fully saturated rings. The molecule has 1 unspecified atom stereocenters. The summed E-state index contributed by atoms with van der Waals surface area (Å²) in [7, 11) is 0. The second-order valence-corrected chi connectivity index (χ2v) is 11.9. The summed E-state index contributed by atoms with van der Waals surface area (Å²) in [4.78, 5) is 12.9. The van der Waals surface area contributed by atoms with E-state index in [9.17, 15) is 0 Å². The molecule has 47 heavy (non-hydrogen) atoms. The van der Waals surface area contributed by atoms with Crippen LogP contribution < -0.4 is 5.73 Å². The van der Waals surface area contributed by atoms with Crippen LogP contribution in [0.3, 0.4) is 0 Å². The molecule has 1 atom stereocenters.